The Balaban J connectivity index is 1.45. The number of H-pyrrole nitrogens is 2. The predicted octanol–water partition coefficient (Wildman–Crippen LogP) is 4.25. The number of imidazole rings is 1. The summed E-state index contributed by atoms with van der Waals surface area (Å²) in [6.45, 7) is 6.66. The summed E-state index contributed by atoms with van der Waals surface area (Å²) >= 11 is 6.05. The minimum absolute atomic E-state index is 0.177. The average Bonchev–Trinajstić information content (AvgIpc) is 3.27. The second kappa shape index (κ2) is 9.73. The topological polar surface area (TPSA) is 106 Å². The molecule has 0 bridgehead atoms. The number of benzene rings is 2. The van der Waals surface area contributed by atoms with Crippen LogP contribution in [0.25, 0.3) is 22.4 Å². The quantitative estimate of drug-likeness (QED) is 0.320. The number of aromatic amines is 2. The zero-order valence-electron chi connectivity index (χ0n) is 19.6. The highest BCUT2D eigenvalue weighted by Crippen LogP contribution is 2.30. The van der Waals surface area contributed by atoms with Gasteiger partial charge >= 0.3 is 0 Å². The average molecular weight is 494 g/mol. The van der Waals surface area contributed by atoms with Gasteiger partial charge in [-0.25, -0.2) is 4.98 Å². The number of aryl methyl sites for hydroxylation is 1. The number of hydrogen-bond acceptors (Lipinski definition) is 6. The summed E-state index contributed by atoms with van der Waals surface area (Å²) in [6, 6.07) is 13.1. The first-order valence-electron chi connectivity index (χ1n) is 11.7. The van der Waals surface area contributed by atoms with Gasteiger partial charge in [0.15, 0.2) is 0 Å². The third-order valence-corrected chi connectivity index (χ3v) is 6.52. The molecule has 2 aromatic carbocycles. The number of nitrogens with one attached hydrogen (secondary N) is 3. The van der Waals surface area contributed by atoms with E-state index in [2.05, 4.69) is 39.2 Å². The lowest BCUT2D eigenvalue weighted by molar-refractivity contribution is 0.0532. The maximum atomic E-state index is 12.9. The fraction of sp³-hybridized carbons (Fsp3) is 0.308. The van der Waals surface area contributed by atoms with E-state index in [0.29, 0.717) is 34.3 Å². The van der Waals surface area contributed by atoms with Gasteiger partial charge in [0.05, 0.1) is 35.5 Å². The third kappa shape index (κ3) is 4.91. The Hall–Kier alpha value is -3.33. The van der Waals surface area contributed by atoms with Crippen LogP contribution in [0.1, 0.15) is 24.2 Å². The number of ether oxygens (including phenoxy) is 1. The van der Waals surface area contributed by atoms with Crippen molar-refractivity contribution < 1.29 is 9.84 Å². The second-order valence-corrected chi connectivity index (χ2v) is 9.36. The van der Waals surface area contributed by atoms with Crippen LogP contribution in [0.15, 0.2) is 53.5 Å². The van der Waals surface area contributed by atoms with Crippen LogP contribution in [0.3, 0.4) is 0 Å². The van der Waals surface area contributed by atoms with Crippen molar-refractivity contribution in [1.29, 1.82) is 0 Å². The van der Waals surface area contributed by atoms with E-state index < -0.39 is 6.10 Å². The van der Waals surface area contributed by atoms with E-state index in [-0.39, 0.29) is 18.2 Å². The van der Waals surface area contributed by atoms with Crippen molar-refractivity contribution in [1.82, 2.24) is 15.0 Å². The van der Waals surface area contributed by atoms with Gasteiger partial charge in [-0.15, -0.1) is 0 Å². The Morgan fingerprint density at radius 3 is 2.97 bits per heavy atom. The molecule has 3 heterocycles. The Kier molecular flexibility index (Phi) is 6.51. The number of aliphatic hydroxyl groups is 1. The molecule has 0 unspecified atom stereocenters. The fourth-order valence-electron chi connectivity index (χ4n) is 4.52. The molecule has 2 atom stereocenters. The minimum atomic E-state index is -0.794. The van der Waals surface area contributed by atoms with E-state index >= 15 is 0 Å². The van der Waals surface area contributed by atoms with Gasteiger partial charge in [0, 0.05) is 36.5 Å². The molecule has 1 aliphatic heterocycles. The first kappa shape index (κ1) is 23.4. The van der Waals surface area contributed by atoms with E-state index in [1.165, 1.54) is 0 Å². The molecule has 9 heteroatoms. The van der Waals surface area contributed by atoms with Gasteiger partial charge in [0.2, 0.25) is 0 Å². The number of pyridine rings is 1. The zero-order chi connectivity index (χ0) is 24.5. The maximum absolute atomic E-state index is 12.9. The molecule has 8 nitrogen and oxygen atoms in total. The van der Waals surface area contributed by atoms with Crippen LogP contribution in [-0.2, 0) is 4.74 Å². The maximum Gasteiger partial charge on any atom is 0.261 e. The van der Waals surface area contributed by atoms with Gasteiger partial charge in [0.1, 0.15) is 11.4 Å². The number of nitrogens with zero attached hydrogens (tertiary/aromatic N) is 2. The largest absolute Gasteiger partial charge is 0.387 e. The monoisotopic (exact) mass is 493 g/mol. The molecule has 1 fully saturated rings. The molecule has 2 aromatic heterocycles. The number of halogens is 1. The smallest absolute Gasteiger partial charge is 0.261 e. The molecule has 0 amide bonds. The number of aromatic nitrogens is 3. The van der Waals surface area contributed by atoms with Crippen LogP contribution in [-0.4, -0.2) is 52.4 Å². The Morgan fingerprint density at radius 1 is 1.31 bits per heavy atom. The van der Waals surface area contributed by atoms with E-state index in [1.807, 2.05) is 13.0 Å². The van der Waals surface area contributed by atoms with Crippen LogP contribution in [0.4, 0.5) is 11.4 Å². The van der Waals surface area contributed by atoms with Crippen molar-refractivity contribution in [3.63, 3.8) is 0 Å². The predicted molar refractivity (Wildman–Crippen MR) is 139 cm³/mol. The number of hydrogen-bond donors (Lipinski definition) is 4. The van der Waals surface area contributed by atoms with Crippen LogP contribution in [0, 0.1) is 6.92 Å². The van der Waals surface area contributed by atoms with E-state index in [9.17, 15) is 9.90 Å². The standard InChI is InChI=1S/C26H28ClN5O3/c1-15-10-19(32-8-9-35-16(2)14-32)12-21-24(15)31-25(30-21)23-20(6-7-28-26(23)34)29-13-22(33)17-4-3-5-18(27)11-17/h3-7,10-12,16,22,33H,8-9,13-14H2,1-2H3,(H,30,31)(H2,28,29,34)/t16-,22+/m1/s1. The normalized spacial score (nSPS) is 17.0. The summed E-state index contributed by atoms with van der Waals surface area (Å²) in [7, 11) is 0. The van der Waals surface area contributed by atoms with Crippen molar-refractivity contribution in [3.05, 3.63) is 75.2 Å². The first-order chi connectivity index (χ1) is 16.9. The van der Waals surface area contributed by atoms with Crippen molar-refractivity contribution >= 4 is 34.0 Å². The fourth-order valence-corrected chi connectivity index (χ4v) is 4.72. The molecule has 1 saturated heterocycles. The molecule has 1 aliphatic rings. The molecule has 0 spiro atoms. The summed E-state index contributed by atoms with van der Waals surface area (Å²) < 4.78 is 5.68. The lowest BCUT2D eigenvalue weighted by Crippen LogP contribution is -2.41. The summed E-state index contributed by atoms with van der Waals surface area (Å²) in [5.41, 5.74) is 5.20. The summed E-state index contributed by atoms with van der Waals surface area (Å²) in [6.07, 6.45) is 0.957. The zero-order valence-corrected chi connectivity index (χ0v) is 20.4. The summed E-state index contributed by atoms with van der Waals surface area (Å²) in [4.78, 5) is 26.0. The Bertz CT molecular complexity index is 1420. The minimum Gasteiger partial charge on any atom is -0.387 e. The number of morpholine rings is 1. The lowest BCUT2D eigenvalue weighted by Gasteiger charge is -2.33. The van der Waals surface area contributed by atoms with Crippen molar-refractivity contribution in [2.24, 2.45) is 0 Å². The SMILES string of the molecule is Cc1cc(N2CCO[C@H](C)C2)cc2[nH]c(-c3c(NC[C@H](O)c4cccc(Cl)c4)cc[nH]c3=O)nc12. The lowest BCUT2D eigenvalue weighted by atomic mass is 10.1. The highest BCUT2D eigenvalue weighted by atomic mass is 35.5. The Labute approximate surface area is 207 Å². The highest BCUT2D eigenvalue weighted by Gasteiger charge is 2.20. The van der Waals surface area contributed by atoms with Crippen LogP contribution >= 0.6 is 11.6 Å². The number of fused-ring (bicyclic) bond motifs is 1. The number of rotatable bonds is 6. The second-order valence-electron chi connectivity index (χ2n) is 8.92. The van der Waals surface area contributed by atoms with Crippen molar-refractivity contribution in [2.45, 2.75) is 26.1 Å². The summed E-state index contributed by atoms with van der Waals surface area (Å²) in [5, 5.41) is 14.4. The van der Waals surface area contributed by atoms with Gasteiger partial charge in [-0.3, -0.25) is 4.79 Å². The molecule has 182 valence electrons. The van der Waals surface area contributed by atoms with Gasteiger partial charge in [0.25, 0.3) is 5.56 Å². The number of anilines is 2. The van der Waals surface area contributed by atoms with Crippen LogP contribution in [0.2, 0.25) is 5.02 Å². The molecule has 4 aromatic rings. The molecular weight excluding hydrogens is 466 g/mol. The van der Waals surface area contributed by atoms with Gasteiger partial charge in [-0.2, -0.15) is 0 Å². The molecular formula is C26H28ClN5O3. The van der Waals surface area contributed by atoms with Crippen molar-refractivity contribution in [3.8, 4) is 11.4 Å². The molecule has 35 heavy (non-hydrogen) atoms. The third-order valence-electron chi connectivity index (χ3n) is 6.29. The molecule has 0 radical (unpaired) electrons. The van der Waals surface area contributed by atoms with E-state index in [4.69, 9.17) is 21.3 Å². The highest BCUT2D eigenvalue weighted by molar-refractivity contribution is 6.30. The first-order valence-corrected chi connectivity index (χ1v) is 12.0. The van der Waals surface area contributed by atoms with Gasteiger partial charge < -0.3 is 30.0 Å². The van der Waals surface area contributed by atoms with Gasteiger partial charge in [-0.05, 0) is 55.3 Å². The molecule has 0 saturated carbocycles. The van der Waals surface area contributed by atoms with Crippen LogP contribution in [0.5, 0.6) is 0 Å². The summed E-state index contributed by atoms with van der Waals surface area (Å²) in [5.74, 6) is 0.470. The van der Waals surface area contributed by atoms with Crippen LogP contribution < -0.4 is 15.8 Å². The van der Waals surface area contributed by atoms with Gasteiger partial charge in [-0.1, -0.05) is 23.7 Å². The van der Waals surface area contributed by atoms with Crippen molar-refractivity contribution in [2.75, 3.05) is 36.5 Å². The molecule has 5 rings (SSSR count). The van der Waals surface area contributed by atoms with E-state index in [1.54, 1.807) is 30.5 Å². The molecule has 0 aliphatic carbocycles. The van der Waals surface area contributed by atoms with E-state index in [0.717, 1.165) is 35.4 Å². The number of aliphatic hydroxyl groups excluding tert-OH is 1. The molecule has 4 N–H and O–H groups in total. The Morgan fingerprint density at radius 2 is 2.17 bits per heavy atom.